The van der Waals surface area contributed by atoms with Gasteiger partial charge in [-0.05, 0) is 20.8 Å². The normalized spacial score (nSPS) is 11.7. The van der Waals surface area contributed by atoms with Crippen LogP contribution < -0.4 is 4.74 Å². The van der Waals surface area contributed by atoms with Gasteiger partial charge in [0.05, 0.1) is 18.1 Å². The Balaban J connectivity index is 2.20. The monoisotopic (exact) mass is 250 g/mol. The summed E-state index contributed by atoms with van der Waals surface area (Å²) in [4.78, 5) is 0. The van der Waals surface area contributed by atoms with Crippen LogP contribution in [0.5, 0.6) is 5.19 Å². The molecule has 4 nitrogen and oxygen atoms in total. The molecule has 0 fully saturated rings. The van der Waals surface area contributed by atoms with Crippen molar-refractivity contribution in [3.05, 3.63) is 5.01 Å². The number of nitrogens with zero attached hydrogens (tertiary/aromatic N) is 2. The molecule has 0 bridgehead atoms. The zero-order chi connectivity index (χ0) is 11.3. The molecule has 0 saturated heterocycles. The molecule has 0 aliphatic rings. The molecule has 1 rings (SSSR count). The number of halogens is 1. The van der Waals surface area contributed by atoms with Crippen molar-refractivity contribution in [2.75, 3.05) is 13.2 Å². The Labute approximate surface area is 98.6 Å². The summed E-state index contributed by atoms with van der Waals surface area (Å²) in [5, 5.41) is 8.97. The highest BCUT2D eigenvalue weighted by molar-refractivity contribution is 7.13. The van der Waals surface area contributed by atoms with Gasteiger partial charge in [-0.25, -0.2) is 0 Å². The average Bonchev–Trinajstić information content (AvgIpc) is 2.59. The summed E-state index contributed by atoms with van der Waals surface area (Å²) in [7, 11) is 0. The maximum absolute atomic E-state index is 5.59. The Morgan fingerprint density at radius 3 is 2.53 bits per heavy atom. The maximum atomic E-state index is 5.59. The van der Waals surface area contributed by atoms with Crippen LogP contribution in [0.4, 0.5) is 0 Å². The fourth-order valence-corrected chi connectivity index (χ4v) is 1.61. The molecular formula is C9H15ClN2O2S. The van der Waals surface area contributed by atoms with Gasteiger partial charge in [0.1, 0.15) is 11.6 Å². The smallest absolute Gasteiger partial charge is 0.294 e. The molecule has 0 spiro atoms. The second-order valence-electron chi connectivity index (χ2n) is 3.90. The minimum atomic E-state index is -0.133. The first-order valence-corrected chi connectivity index (χ1v) is 6.01. The van der Waals surface area contributed by atoms with Crippen molar-refractivity contribution in [2.24, 2.45) is 0 Å². The number of alkyl halides is 1. The lowest BCUT2D eigenvalue weighted by molar-refractivity contribution is -0.0163. The van der Waals surface area contributed by atoms with Gasteiger partial charge in [-0.15, -0.1) is 21.8 Å². The SMILES string of the molecule is CC(C)(C)OCCOc1nnc(CCl)s1. The van der Waals surface area contributed by atoms with E-state index in [1.807, 2.05) is 20.8 Å². The molecule has 0 N–H and O–H groups in total. The predicted octanol–water partition coefficient (Wildman–Crippen LogP) is 2.47. The molecule has 0 aliphatic heterocycles. The maximum Gasteiger partial charge on any atom is 0.294 e. The van der Waals surface area contributed by atoms with E-state index in [4.69, 9.17) is 21.1 Å². The third-order valence-corrected chi connectivity index (χ3v) is 2.65. The summed E-state index contributed by atoms with van der Waals surface area (Å²) in [6, 6.07) is 0. The molecule has 0 atom stereocenters. The molecule has 1 heterocycles. The van der Waals surface area contributed by atoms with Gasteiger partial charge in [-0.3, -0.25) is 0 Å². The van der Waals surface area contributed by atoms with Crippen molar-refractivity contribution in [1.82, 2.24) is 10.2 Å². The van der Waals surface area contributed by atoms with Gasteiger partial charge in [-0.2, -0.15) is 0 Å². The Hall–Kier alpha value is -0.390. The molecule has 0 radical (unpaired) electrons. The summed E-state index contributed by atoms with van der Waals surface area (Å²) in [6.45, 7) is 7.03. The van der Waals surface area contributed by atoms with Crippen molar-refractivity contribution in [3.63, 3.8) is 0 Å². The number of hydrogen-bond acceptors (Lipinski definition) is 5. The lowest BCUT2D eigenvalue weighted by Gasteiger charge is -2.18. The minimum absolute atomic E-state index is 0.133. The summed E-state index contributed by atoms with van der Waals surface area (Å²) < 4.78 is 10.8. The van der Waals surface area contributed by atoms with E-state index in [0.29, 0.717) is 24.3 Å². The first kappa shape index (κ1) is 12.7. The first-order valence-electron chi connectivity index (χ1n) is 4.66. The van der Waals surface area contributed by atoms with Gasteiger partial charge >= 0.3 is 0 Å². The van der Waals surface area contributed by atoms with E-state index in [2.05, 4.69) is 10.2 Å². The van der Waals surface area contributed by atoms with Crippen LogP contribution in [-0.4, -0.2) is 29.0 Å². The van der Waals surface area contributed by atoms with E-state index in [1.54, 1.807) is 0 Å². The topological polar surface area (TPSA) is 44.2 Å². The molecule has 0 unspecified atom stereocenters. The van der Waals surface area contributed by atoms with Crippen molar-refractivity contribution in [3.8, 4) is 5.19 Å². The van der Waals surface area contributed by atoms with Crippen LogP contribution in [0.25, 0.3) is 0 Å². The van der Waals surface area contributed by atoms with Crippen molar-refractivity contribution >= 4 is 22.9 Å². The van der Waals surface area contributed by atoms with Gasteiger partial charge in [0, 0.05) is 0 Å². The Morgan fingerprint density at radius 1 is 1.27 bits per heavy atom. The number of hydrogen-bond donors (Lipinski definition) is 0. The van der Waals surface area contributed by atoms with Gasteiger partial charge in [-0.1, -0.05) is 11.3 Å². The molecule has 15 heavy (non-hydrogen) atoms. The molecule has 86 valence electrons. The average molecular weight is 251 g/mol. The molecule has 6 heteroatoms. The molecule has 0 amide bonds. The van der Waals surface area contributed by atoms with Crippen LogP contribution in [0.15, 0.2) is 0 Å². The Morgan fingerprint density at radius 2 is 2.00 bits per heavy atom. The van der Waals surface area contributed by atoms with Crippen molar-refractivity contribution < 1.29 is 9.47 Å². The van der Waals surface area contributed by atoms with E-state index >= 15 is 0 Å². The van der Waals surface area contributed by atoms with E-state index in [0.717, 1.165) is 5.01 Å². The third kappa shape index (κ3) is 5.30. The molecular weight excluding hydrogens is 236 g/mol. The number of rotatable bonds is 5. The van der Waals surface area contributed by atoms with Crippen LogP contribution in [-0.2, 0) is 10.6 Å². The molecule has 1 aromatic heterocycles. The fraction of sp³-hybridized carbons (Fsp3) is 0.778. The lowest BCUT2D eigenvalue weighted by Crippen LogP contribution is -2.22. The van der Waals surface area contributed by atoms with E-state index in [1.165, 1.54) is 11.3 Å². The predicted molar refractivity (Wildman–Crippen MR) is 60.7 cm³/mol. The van der Waals surface area contributed by atoms with Gasteiger partial charge in [0.15, 0.2) is 0 Å². The van der Waals surface area contributed by atoms with Crippen LogP contribution in [0.2, 0.25) is 0 Å². The van der Waals surface area contributed by atoms with Crippen molar-refractivity contribution in [1.29, 1.82) is 0 Å². The summed E-state index contributed by atoms with van der Waals surface area (Å²) in [5.41, 5.74) is -0.133. The Bertz CT molecular complexity index is 299. The second kappa shape index (κ2) is 5.63. The second-order valence-corrected chi connectivity index (χ2v) is 5.20. The zero-order valence-corrected chi connectivity index (χ0v) is 10.7. The van der Waals surface area contributed by atoms with Gasteiger partial charge < -0.3 is 9.47 Å². The van der Waals surface area contributed by atoms with E-state index < -0.39 is 0 Å². The van der Waals surface area contributed by atoms with Crippen LogP contribution in [0.3, 0.4) is 0 Å². The summed E-state index contributed by atoms with van der Waals surface area (Å²) in [6.07, 6.45) is 0. The quantitative estimate of drug-likeness (QED) is 0.595. The van der Waals surface area contributed by atoms with Crippen LogP contribution >= 0.6 is 22.9 Å². The first-order chi connectivity index (χ1) is 7.01. The molecule has 0 aromatic carbocycles. The standard InChI is InChI=1S/C9H15ClN2O2S/c1-9(2,3)14-5-4-13-8-12-11-7(6-10)15-8/h4-6H2,1-3H3. The minimum Gasteiger partial charge on any atom is -0.466 e. The van der Waals surface area contributed by atoms with Crippen LogP contribution in [0.1, 0.15) is 25.8 Å². The number of ether oxygens (including phenoxy) is 2. The summed E-state index contributed by atoms with van der Waals surface area (Å²) in [5.74, 6) is 0.375. The van der Waals surface area contributed by atoms with Crippen molar-refractivity contribution in [2.45, 2.75) is 32.3 Å². The molecule has 1 aromatic rings. The van der Waals surface area contributed by atoms with Gasteiger partial charge in [0.2, 0.25) is 0 Å². The third-order valence-electron chi connectivity index (χ3n) is 1.41. The highest BCUT2D eigenvalue weighted by Gasteiger charge is 2.10. The number of aromatic nitrogens is 2. The zero-order valence-electron chi connectivity index (χ0n) is 9.12. The van der Waals surface area contributed by atoms with Crippen LogP contribution in [0, 0.1) is 0 Å². The van der Waals surface area contributed by atoms with E-state index in [-0.39, 0.29) is 5.60 Å². The lowest BCUT2D eigenvalue weighted by atomic mass is 10.2. The Kier molecular flexibility index (Phi) is 4.76. The van der Waals surface area contributed by atoms with Gasteiger partial charge in [0.25, 0.3) is 5.19 Å². The molecule has 0 saturated carbocycles. The molecule has 0 aliphatic carbocycles. The highest BCUT2D eigenvalue weighted by Crippen LogP contribution is 2.19. The van der Waals surface area contributed by atoms with E-state index in [9.17, 15) is 0 Å². The largest absolute Gasteiger partial charge is 0.466 e. The highest BCUT2D eigenvalue weighted by atomic mass is 35.5. The fourth-order valence-electron chi connectivity index (χ4n) is 0.827. The summed E-state index contributed by atoms with van der Waals surface area (Å²) >= 11 is 6.95.